The Bertz CT molecular complexity index is 698. The van der Waals surface area contributed by atoms with Crippen molar-refractivity contribution in [1.29, 1.82) is 0 Å². The zero-order valence-corrected chi connectivity index (χ0v) is 11.6. The van der Waals surface area contributed by atoms with E-state index in [1.54, 1.807) is 0 Å². The quantitative estimate of drug-likeness (QED) is 0.807. The second kappa shape index (κ2) is 4.41. The monoisotopic (exact) mass is 290 g/mol. The lowest BCUT2D eigenvalue weighted by Crippen LogP contribution is -2.39. The fourth-order valence-corrected chi connectivity index (χ4v) is 2.69. The normalized spacial score (nSPS) is 24.7. The summed E-state index contributed by atoms with van der Waals surface area (Å²) in [6.07, 6.45) is -0.0942. The van der Waals surface area contributed by atoms with Crippen molar-refractivity contribution in [3.05, 3.63) is 34.4 Å². The van der Waals surface area contributed by atoms with E-state index in [4.69, 9.17) is 9.47 Å². The lowest BCUT2D eigenvalue weighted by atomic mass is 9.80. The molecule has 1 aliphatic heterocycles. The molecule has 1 aromatic rings. The van der Waals surface area contributed by atoms with Crippen LogP contribution < -0.4 is 4.74 Å². The number of aliphatic hydroxyl groups is 1. The lowest BCUT2D eigenvalue weighted by molar-refractivity contribution is -0.187. The molecule has 1 atom stereocenters. The van der Waals surface area contributed by atoms with Crippen LogP contribution in [0, 0.1) is 0 Å². The van der Waals surface area contributed by atoms with Gasteiger partial charge in [0.25, 0.3) is 0 Å². The fourth-order valence-electron chi connectivity index (χ4n) is 2.69. The molecule has 0 amide bonds. The molecule has 110 valence electrons. The molecule has 0 radical (unpaired) electrons. The Morgan fingerprint density at radius 2 is 1.95 bits per heavy atom. The molecule has 21 heavy (non-hydrogen) atoms. The van der Waals surface area contributed by atoms with Gasteiger partial charge in [-0.2, -0.15) is 0 Å². The van der Waals surface area contributed by atoms with Gasteiger partial charge in [-0.25, -0.2) is 0 Å². The highest BCUT2D eigenvalue weighted by molar-refractivity contribution is 6.28. The number of phenols is 1. The summed E-state index contributed by atoms with van der Waals surface area (Å²) in [4.78, 5) is 25.0. The molecule has 0 saturated heterocycles. The Labute approximate surface area is 120 Å². The maximum absolute atomic E-state index is 12.6. The van der Waals surface area contributed by atoms with E-state index >= 15 is 0 Å². The van der Waals surface area contributed by atoms with Crippen LogP contribution in [0.5, 0.6) is 11.5 Å². The topological polar surface area (TPSA) is 93.1 Å². The molecule has 0 spiro atoms. The summed E-state index contributed by atoms with van der Waals surface area (Å²) in [6.45, 7) is 1.30. The number of methoxy groups -OCH3 is 1. The number of rotatable bonds is 1. The third kappa shape index (κ3) is 1.95. The number of phenolic OH excluding ortho intramolecular Hbond substituents is 1. The Morgan fingerprint density at radius 1 is 1.24 bits per heavy atom. The van der Waals surface area contributed by atoms with E-state index in [1.807, 2.05) is 0 Å². The van der Waals surface area contributed by atoms with E-state index in [0.717, 1.165) is 0 Å². The molecule has 6 nitrogen and oxygen atoms in total. The molecule has 0 aromatic heterocycles. The van der Waals surface area contributed by atoms with Crippen molar-refractivity contribution in [1.82, 2.24) is 0 Å². The first-order valence-corrected chi connectivity index (χ1v) is 6.43. The molecule has 3 rings (SSSR count). The van der Waals surface area contributed by atoms with Crippen LogP contribution in [0.1, 0.15) is 34.1 Å². The first kappa shape index (κ1) is 13.8. The molecule has 1 aliphatic carbocycles. The number of benzene rings is 1. The highest BCUT2D eigenvalue weighted by atomic mass is 16.6. The summed E-state index contributed by atoms with van der Waals surface area (Å²) < 4.78 is 10.1. The minimum absolute atomic E-state index is 0.0733. The third-order valence-electron chi connectivity index (χ3n) is 3.78. The largest absolute Gasteiger partial charge is 0.504 e. The van der Waals surface area contributed by atoms with Gasteiger partial charge in [0.2, 0.25) is 0 Å². The van der Waals surface area contributed by atoms with Crippen molar-refractivity contribution in [2.75, 3.05) is 13.7 Å². The van der Waals surface area contributed by atoms with Gasteiger partial charge in [0.1, 0.15) is 0 Å². The van der Waals surface area contributed by atoms with Crippen LogP contribution in [0.4, 0.5) is 0 Å². The van der Waals surface area contributed by atoms with Crippen molar-refractivity contribution in [2.24, 2.45) is 0 Å². The number of hydrogen-bond donors (Lipinski definition) is 2. The maximum atomic E-state index is 12.6. The number of Topliss-reactive ketones (excluding diaryl/α,β-unsaturated/α-hetero) is 2. The Kier molecular flexibility index (Phi) is 2.89. The number of aromatic hydroxyl groups is 1. The molecule has 2 N–H and O–H groups in total. The molecule has 1 heterocycles. The van der Waals surface area contributed by atoms with E-state index in [9.17, 15) is 19.8 Å². The van der Waals surface area contributed by atoms with E-state index < -0.39 is 11.6 Å². The van der Waals surface area contributed by atoms with Crippen LogP contribution >= 0.6 is 0 Å². The van der Waals surface area contributed by atoms with Crippen LogP contribution in [-0.4, -0.2) is 41.3 Å². The maximum Gasteiger partial charge on any atom is 0.194 e. The van der Waals surface area contributed by atoms with Crippen LogP contribution in [0.15, 0.2) is 23.3 Å². The molecule has 2 aliphatic rings. The van der Waals surface area contributed by atoms with Gasteiger partial charge in [-0.1, -0.05) is 0 Å². The fraction of sp³-hybridized carbons (Fsp3) is 0.333. The molecule has 0 fully saturated rings. The summed E-state index contributed by atoms with van der Waals surface area (Å²) in [5, 5.41) is 20.1. The zero-order chi connectivity index (χ0) is 15.4. The smallest absolute Gasteiger partial charge is 0.194 e. The lowest BCUT2D eigenvalue weighted by Gasteiger charge is -2.33. The third-order valence-corrected chi connectivity index (χ3v) is 3.78. The molecule has 1 aromatic carbocycles. The zero-order valence-electron chi connectivity index (χ0n) is 11.6. The van der Waals surface area contributed by atoms with E-state index in [2.05, 4.69) is 0 Å². The van der Waals surface area contributed by atoms with Gasteiger partial charge >= 0.3 is 0 Å². The highest BCUT2D eigenvalue weighted by Gasteiger charge is 2.41. The highest BCUT2D eigenvalue weighted by Crippen LogP contribution is 2.41. The van der Waals surface area contributed by atoms with Gasteiger partial charge in [-0.15, -0.1) is 0 Å². The van der Waals surface area contributed by atoms with Gasteiger partial charge < -0.3 is 19.7 Å². The Morgan fingerprint density at radius 3 is 2.62 bits per heavy atom. The molecule has 0 saturated carbocycles. The van der Waals surface area contributed by atoms with Crippen LogP contribution in [-0.2, 0) is 4.74 Å². The van der Waals surface area contributed by atoms with Gasteiger partial charge in [-0.3, -0.25) is 9.59 Å². The van der Waals surface area contributed by atoms with Gasteiger partial charge in [0, 0.05) is 23.1 Å². The van der Waals surface area contributed by atoms with Crippen molar-refractivity contribution in [3.8, 4) is 11.5 Å². The molecule has 0 bridgehead atoms. The predicted molar refractivity (Wildman–Crippen MR) is 71.5 cm³/mol. The van der Waals surface area contributed by atoms with E-state index in [0.29, 0.717) is 0 Å². The van der Waals surface area contributed by atoms with Crippen LogP contribution in [0.3, 0.4) is 0 Å². The number of ketones is 2. The molecule has 1 unspecified atom stereocenters. The number of carbonyl (C=O) groups excluding carboxylic acids is 2. The summed E-state index contributed by atoms with van der Waals surface area (Å²) in [5.74, 6) is -2.57. The second-order valence-electron chi connectivity index (χ2n) is 5.29. The summed E-state index contributed by atoms with van der Waals surface area (Å²) in [6, 6.07) is 2.88. The average Bonchev–Trinajstić information content (AvgIpc) is 2.43. The number of fused-ring (bicyclic) bond motifs is 1. The summed E-state index contributed by atoms with van der Waals surface area (Å²) >= 11 is 0. The molecule has 6 heteroatoms. The van der Waals surface area contributed by atoms with E-state index in [1.165, 1.54) is 26.2 Å². The molecular formula is C15H14O6. The SMILES string of the molecule is COc1ccc2c(c1O)C(=O)C1=C(COC(C)(O)C1)C2=O. The van der Waals surface area contributed by atoms with E-state index in [-0.39, 0.29) is 52.6 Å². The first-order valence-electron chi connectivity index (χ1n) is 6.43. The van der Waals surface area contributed by atoms with Crippen molar-refractivity contribution >= 4 is 11.6 Å². The minimum Gasteiger partial charge on any atom is -0.504 e. The van der Waals surface area contributed by atoms with Gasteiger partial charge in [0.15, 0.2) is 28.9 Å². The van der Waals surface area contributed by atoms with Crippen molar-refractivity contribution in [2.45, 2.75) is 19.1 Å². The number of carbonyl (C=O) groups is 2. The van der Waals surface area contributed by atoms with Gasteiger partial charge in [-0.05, 0) is 19.1 Å². The first-order chi connectivity index (χ1) is 9.85. The summed E-state index contributed by atoms with van der Waals surface area (Å²) in [7, 11) is 1.36. The summed E-state index contributed by atoms with van der Waals surface area (Å²) in [5.41, 5.74) is 0.480. The number of ether oxygens (including phenoxy) is 2. The Balaban J connectivity index is 2.19. The van der Waals surface area contributed by atoms with Crippen LogP contribution in [0.2, 0.25) is 0 Å². The average molecular weight is 290 g/mol. The van der Waals surface area contributed by atoms with Gasteiger partial charge in [0.05, 0.1) is 19.3 Å². The standard InChI is InChI=1S/C15H14O6/c1-15(19)5-8-9(6-21-15)12(16)7-3-4-10(20-2)14(18)11(7)13(8)17/h3-4,18-19H,5-6H2,1-2H3. The molecular weight excluding hydrogens is 276 g/mol. The van der Waals surface area contributed by atoms with Crippen molar-refractivity contribution in [3.63, 3.8) is 0 Å². The minimum atomic E-state index is -1.50. The predicted octanol–water partition coefficient (Wildman–Crippen LogP) is 1.21. The van der Waals surface area contributed by atoms with Crippen LogP contribution in [0.25, 0.3) is 0 Å². The second-order valence-corrected chi connectivity index (χ2v) is 5.29. The number of hydrogen-bond acceptors (Lipinski definition) is 6. The Hall–Kier alpha value is -2.18. The van der Waals surface area contributed by atoms with Crippen molar-refractivity contribution < 1.29 is 29.3 Å².